The number of sulfone groups is 1. The maximum atomic E-state index is 12.4. The Morgan fingerprint density at radius 2 is 1.85 bits per heavy atom. The average molecular weight is 391 g/mol. The van der Waals surface area contributed by atoms with Gasteiger partial charge in [0.2, 0.25) is 5.91 Å². The SMILES string of the molecule is COc1ccccc1C(C)CC(=O)Nc1cc(C(=O)O)cc(S(C)(=O)=O)c1. The van der Waals surface area contributed by atoms with E-state index in [9.17, 15) is 18.0 Å². The molecule has 0 radical (unpaired) electrons. The molecule has 2 aromatic rings. The Hall–Kier alpha value is -2.87. The van der Waals surface area contributed by atoms with Crippen LogP contribution in [0.5, 0.6) is 5.75 Å². The molecule has 2 aromatic carbocycles. The van der Waals surface area contributed by atoms with Gasteiger partial charge in [-0.1, -0.05) is 25.1 Å². The molecule has 2 N–H and O–H groups in total. The van der Waals surface area contributed by atoms with E-state index in [4.69, 9.17) is 9.84 Å². The highest BCUT2D eigenvalue weighted by Gasteiger charge is 2.18. The van der Waals surface area contributed by atoms with Crippen molar-refractivity contribution in [1.82, 2.24) is 0 Å². The van der Waals surface area contributed by atoms with Crippen molar-refractivity contribution in [1.29, 1.82) is 0 Å². The highest BCUT2D eigenvalue weighted by molar-refractivity contribution is 7.90. The number of rotatable bonds is 7. The molecule has 0 aromatic heterocycles. The van der Waals surface area contributed by atoms with Crippen molar-refractivity contribution >= 4 is 27.4 Å². The summed E-state index contributed by atoms with van der Waals surface area (Å²) in [6.07, 6.45) is 1.09. The largest absolute Gasteiger partial charge is 0.496 e. The van der Waals surface area contributed by atoms with Crippen LogP contribution in [-0.2, 0) is 14.6 Å². The number of carbonyl (C=O) groups is 2. The minimum Gasteiger partial charge on any atom is -0.496 e. The summed E-state index contributed by atoms with van der Waals surface area (Å²) in [4.78, 5) is 23.4. The summed E-state index contributed by atoms with van der Waals surface area (Å²) in [5, 5.41) is 11.7. The molecule has 0 aliphatic heterocycles. The number of carboxylic acid groups (broad SMARTS) is 1. The third-order valence-corrected chi connectivity index (χ3v) is 5.12. The molecule has 27 heavy (non-hydrogen) atoms. The van der Waals surface area contributed by atoms with Crippen LogP contribution in [0.15, 0.2) is 47.4 Å². The molecule has 7 nitrogen and oxygen atoms in total. The van der Waals surface area contributed by atoms with E-state index >= 15 is 0 Å². The van der Waals surface area contributed by atoms with Crippen LogP contribution in [0.2, 0.25) is 0 Å². The molecule has 144 valence electrons. The Kier molecular flexibility index (Phi) is 6.22. The molecule has 0 spiro atoms. The highest BCUT2D eigenvalue weighted by Crippen LogP contribution is 2.29. The summed E-state index contributed by atoms with van der Waals surface area (Å²) in [6.45, 7) is 1.87. The predicted octanol–water partition coefficient (Wildman–Crippen LogP) is 2.93. The van der Waals surface area contributed by atoms with Gasteiger partial charge in [-0.3, -0.25) is 4.79 Å². The van der Waals surface area contributed by atoms with E-state index in [0.29, 0.717) is 5.75 Å². The van der Waals surface area contributed by atoms with Gasteiger partial charge in [-0.2, -0.15) is 0 Å². The number of anilines is 1. The first-order chi connectivity index (χ1) is 12.6. The molecule has 0 aliphatic rings. The Labute approximate surface area is 157 Å². The zero-order valence-corrected chi connectivity index (χ0v) is 16.0. The quantitative estimate of drug-likeness (QED) is 0.751. The van der Waals surface area contributed by atoms with Crippen molar-refractivity contribution in [2.75, 3.05) is 18.7 Å². The summed E-state index contributed by atoms with van der Waals surface area (Å²) in [5.41, 5.74) is 0.768. The first-order valence-corrected chi connectivity index (χ1v) is 10.0. The average Bonchev–Trinajstić information content (AvgIpc) is 2.60. The molecule has 0 saturated heterocycles. The number of para-hydroxylation sites is 1. The zero-order valence-electron chi connectivity index (χ0n) is 15.2. The van der Waals surface area contributed by atoms with Crippen LogP contribution in [-0.4, -0.2) is 38.8 Å². The number of methoxy groups -OCH3 is 1. The number of hydrogen-bond donors (Lipinski definition) is 2. The third kappa shape index (κ3) is 5.30. The fraction of sp³-hybridized carbons (Fsp3) is 0.263. The minimum atomic E-state index is -3.62. The minimum absolute atomic E-state index is 0.117. The van der Waals surface area contributed by atoms with E-state index in [2.05, 4.69) is 5.32 Å². The van der Waals surface area contributed by atoms with E-state index in [0.717, 1.165) is 17.9 Å². The van der Waals surface area contributed by atoms with Crippen LogP contribution < -0.4 is 10.1 Å². The molecule has 1 atom stereocenters. The number of nitrogens with one attached hydrogen (secondary N) is 1. The fourth-order valence-corrected chi connectivity index (χ4v) is 3.36. The number of ether oxygens (including phenoxy) is 1. The van der Waals surface area contributed by atoms with E-state index in [1.165, 1.54) is 12.1 Å². The monoisotopic (exact) mass is 391 g/mol. The second kappa shape index (κ2) is 8.22. The molecule has 8 heteroatoms. The van der Waals surface area contributed by atoms with Gasteiger partial charge in [0.1, 0.15) is 5.75 Å². The van der Waals surface area contributed by atoms with Gasteiger partial charge in [-0.25, -0.2) is 13.2 Å². The molecule has 1 amide bonds. The molecule has 0 bridgehead atoms. The van der Waals surface area contributed by atoms with Crippen LogP contribution >= 0.6 is 0 Å². The molecule has 0 fully saturated rings. The van der Waals surface area contributed by atoms with E-state index in [1.807, 2.05) is 25.1 Å². The van der Waals surface area contributed by atoms with Gasteiger partial charge in [0, 0.05) is 18.4 Å². The summed E-state index contributed by atoms with van der Waals surface area (Å²) >= 11 is 0. The maximum Gasteiger partial charge on any atom is 0.335 e. The first kappa shape index (κ1) is 20.4. The Balaban J connectivity index is 2.22. The lowest BCUT2D eigenvalue weighted by atomic mass is 9.96. The predicted molar refractivity (Wildman–Crippen MR) is 101 cm³/mol. The lowest BCUT2D eigenvalue weighted by Crippen LogP contribution is -2.16. The molecule has 2 rings (SSSR count). The smallest absolute Gasteiger partial charge is 0.335 e. The van der Waals surface area contributed by atoms with Gasteiger partial charge < -0.3 is 15.2 Å². The number of benzene rings is 2. The van der Waals surface area contributed by atoms with Gasteiger partial charge in [-0.05, 0) is 35.7 Å². The van der Waals surface area contributed by atoms with Gasteiger partial charge in [-0.15, -0.1) is 0 Å². The van der Waals surface area contributed by atoms with Crippen LogP contribution in [0.25, 0.3) is 0 Å². The van der Waals surface area contributed by atoms with Gasteiger partial charge >= 0.3 is 5.97 Å². The van der Waals surface area contributed by atoms with Gasteiger partial charge in [0.25, 0.3) is 0 Å². The molecular formula is C19H21NO6S. The van der Waals surface area contributed by atoms with Crippen LogP contribution in [0.1, 0.15) is 35.2 Å². The first-order valence-electron chi connectivity index (χ1n) is 8.13. The second-order valence-electron chi connectivity index (χ2n) is 6.22. The van der Waals surface area contributed by atoms with Crippen molar-refractivity contribution in [2.45, 2.75) is 24.2 Å². The number of hydrogen-bond acceptors (Lipinski definition) is 5. The second-order valence-corrected chi connectivity index (χ2v) is 8.23. The standard InChI is InChI=1S/C19H21NO6S/c1-12(16-6-4-5-7-17(16)26-2)8-18(21)20-14-9-13(19(22)23)10-15(11-14)27(3,24)25/h4-7,9-12H,8H2,1-3H3,(H,20,21)(H,22,23). The van der Waals surface area contributed by atoms with Crippen molar-refractivity contribution in [3.63, 3.8) is 0 Å². The van der Waals surface area contributed by atoms with Crippen molar-refractivity contribution in [2.24, 2.45) is 0 Å². The number of amides is 1. The Bertz CT molecular complexity index is 968. The Morgan fingerprint density at radius 3 is 2.44 bits per heavy atom. The number of carbonyl (C=O) groups excluding carboxylic acids is 1. The van der Waals surface area contributed by atoms with Crippen LogP contribution in [0.4, 0.5) is 5.69 Å². The number of aromatic carboxylic acids is 1. The van der Waals surface area contributed by atoms with Crippen LogP contribution in [0, 0.1) is 0 Å². The maximum absolute atomic E-state index is 12.4. The topological polar surface area (TPSA) is 110 Å². The summed E-state index contributed by atoms with van der Waals surface area (Å²) in [7, 11) is -2.07. The Morgan fingerprint density at radius 1 is 1.19 bits per heavy atom. The van der Waals surface area contributed by atoms with Gasteiger partial charge in [0.05, 0.1) is 17.6 Å². The van der Waals surface area contributed by atoms with Crippen molar-refractivity contribution in [3.05, 3.63) is 53.6 Å². The fourth-order valence-electron chi connectivity index (χ4n) is 2.68. The normalized spacial score (nSPS) is 12.3. The van der Waals surface area contributed by atoms with E-state index in [-0.39, 0.29) is 34.4 Å². The third-order valence-electron chi connectivity index (χ3n) is 4.03. The van der Waals surface area contributed by atoms with Crippen LogP contribution in [0.3, 0.4) is 0 Å². The van der Waals surface area contributed by atoms with Crippen molar-refractivity contribution in [3.8, 4) is 5.75 Å². The molecule has 0 aliphatic carbocycles. The van der Waals surface area contributed by atoms with E-state index in [1.54, 1.807) is 13.2 Å². The van der Waals surface area contributed by atoms with Gasteiger partial charge in [0.15, 0.2) is 9.84 Å². The highest BCUT2D eigenvalue weighted by atomic mass is 32.2. The van der Waals surface area contributed by atoms with E-state index < -0.39 is 15.8 Å². The number of carboxylic acids is 1. The summed E-state index contributed by atoms with van der Waals surface area (Å²) in [5.74, 6) is -1.13. The van der Waals surface area contributed by atoms with Crippen molar-refractivity contribution < 1.29 is 27.9 Å². The molecular weight excluding hydrogens is 370 g/mol. The summed E-state index contributed by atoms with van der Waals surface area (Å²) < 4.78 is 28.8. The lowest BCUT2D eigenvalue weighted by molar-refractivity contribution is -0.116. The summed E-state index contributed by atoms with van der Waals surface area (Å²) in [6, 6.07) is 10.9. The lowest BCUT2D eigenvalue weighted by Gasteiger charge is -2.16. The zero-order chi connectivity index (χ0) is 20.2. The molecule has 1 unspecified atom stereocenters. The molecule has 0 heterocycles. The molecule has 0 saturated carbocycles.